The average molecular weight is 418 g/mol. The number of sulfonamides is 1. The van der Waals surface area contributed by atoms with E-state index < -0.39 is 10.0 Å². The minimum atomic E-state index is -3.49. The van der Waals surface area contributed by atoms with Gasteiger partial charge in [-0.05, 0) is 61.0 Å². The fourth-order valence-corrected chi connectivity index (χ4v) is 6.43. The first-order chi connectivity index (χ1) is 14.0. The van der Waals surface area contributed by atoms with E-state index in [0.717, 1.165) is 25.2 Å². The second-order valence-electron chi connectivity index (χ2n) is 8.68. The summed E-state index contributed by atoms with van der Waals surface area (Å²) in [5.74, 6) is 1.45. The molecule has 0 spiro atoms. The summed E-state index contributed by atoms with van der Waals surface area (Å²) in [6.07, 6.45) is 6.80. The fraction of sp³-hybridized carbons (Fsp3) is 0.591. The summed E-state index contributed by atoms with van der Waals surface area (Å²) >= 11 is 0. The normalized spacial score (nSPS) is 24.5. The summed E-state index contributed by atoms with van der Waals surface area (Å²) in [7, 11) is -0.0594. The molecule has 158 valence electrons. The van der Waals surface area contributed by atoms with Gasteiger partial charge in [-0.15, -0.1) is 0 Å². The molecule has 4 rings (SSSR count). The van der Waals surface area contributed by atoms with Crippen LogP contribution in [0.2, 0.25) is 0 Å². The lowest BCUT2D eigenvalue weighted by molar-refractivity contribution is 0.0297. The minimum Gasteiger partial charge on any atom is -0.384 e. The molecule has 7 heteroatoms. The number of nitrogens with zero attached hydrogens (tertiary/aromatic N) is 3. The highest BCUT2D eigenvalue weighted by Gasteiger charge is 2.43. The van der Waals surface area contributed by atoms with Gasteiger partial charge in [-0.2, -0.15) is 9.40 Å². The molecule has 1 aromatic carbocycles. The zero-order chi connectivity index (χ0) is 20.5. The van der Waals surface area contributed by atoms with Crippen molar-refractivity contribution in [2.45, 2.75) is 43.0 Å². The van der Waals surface area contributed by atoms with Crippen LogP contribution in [0.3, 0.4) is 0 Å². The lowest BCUT2D eigenvalue weighted by Crippen LogP contribution is -2.45. The smallest absolute Gasteiger partial charge is 0.260 e. The quantitative estimate of drug-likeness (QED) is 0.660. The number of hydrogen-bond donors (Lipinski definition) is 0. The van der Waals surface area contributed by atoms with Crippen LogP contribution in [0.5, 0.6) is 0 Å². The zero-order valence-corrected chi connectivity index (χ0v) is 18.1. The number of benzene rings is 1. The standard InChI is InChI=1S/C22H31N3O3S/c1-24-21(9-13-23-24)29(26,27)25-14-11-22(12-15-25,17-28-2)10-8-19-16-20(19)18-6-4-3-5-7-18/h3-7,9,13,19-20H,8,10-12,14-17H2,1-2H3/t19-,20?/m1/s1. The maximum absolute atomic E-state index is 12.9. The summed E-state index contributed by atoms with van der Waals surface area (Å²) < 4.78 is 34.5. The molecule has 1 aliphatic carbocycles. The van der Waals surface area contributed by atoms with Crippen LogP contribution in [-0.2, 0) is 21.8 Å². The predicted octanol–water partition coefficient (Wildman–Crippen LogP) is 3.42. The van der Waals surface area contributed by atoms with Crippen LogP contribution in [0.15, 0.2) is 47.6 Å². The van der Waals surface area contributed by atoms with Crippen LogP contribution in [0.25, 0.3) is 0 Å². The molecule has 2 atom stereocenters. The van der Waals surface area contributed by atoms with Crippen LogP contribution in [0.1, 0.15) is 43.6 Å². The summed E-state index contributed by atoms with van der Waals surface area (Å²) in [6, 6.07) is 12.4. The third-order valence-electron chi connectivity index (χ3n) is 6.81. The van der Waals surface area contributed by atoms with E-state index >= 15 is 0 Å². The van der Waals surface area contributed by atoms with Gasteiger partial charge in [0, 0.05) is 27.2 Å². The monoisotopic (exact) mass is 417 g/mol. The first-order valence-corrected chi connectivity index (χ1v) is 11.9. The number of rotatable bonds is 8. The Bertz CT molecular complexity index is 918. The van der Waals surface area contributed by atoms with Crippen molar-refractivity contribution < 1.29 is 13.2 Å². The van der Waals surface area contributed by atoms with Crippen molar-refractivity contribution in [3.05, 3.63) is 48.2 Å². The van der Waals surface area contributed by atoms with Crippen LogP contribution in [-0.4, -0.2) is 49.3 Å². The molecule has 2 aromatic rings. The number of aromatic nitrogens is 2. The lowest BCUT2D eigenvalue weighted by atomic mass is 9.75. The van der Waals surface area contributed by atoms with Gasteiger partial charge >= 0.3 is 0 Å². The number of ether oxygens (including phenoxy) is 1. The molecule has 29 heavy (non-hydrogen) atoms. The Morgan fingerprint density at radius 2 is 1.90 bits per heavy atom. The van der Waals surface area contributed by atoms with Crippen LogP contribution < -0.4 is 0 Å². The van der Waals surface area contributed by atoms with Crippen molar-refractivity contribution in [2.75, 3.05) is 26.8 Å². The van der Waals surface area contributed by atoms with E-state index in [0.29, 0.717) is 25.6 Å². The van der Waals surface area contributed by atoms with Gasteiger partial charge < -0.3 is 4.74 Å². The molecule has 2 fully saturated rings. The highest BCUT2D eigenvalue weighted by molar-refractivity contribution is 7.89. The maximum atomic E-state index is 12.9. The molecule has 1 aromatic heterocycles. The van der Waals surface area contributed by atoms with E-state index in [4.69, 9.17) is 4.74 Å². The molecule has 0 N–H and O–H groups in total. The van der Waals surface area contributed by atoms with E-state index in [2.05, 4.69) is 35.4 Å². The van der Waals surface area contributed by atoms with E-state index in [1.54, 1.807) is 24.5 Å². The number of methoxy groups -OCH3 is 1. The Balaban J connectivity index is 1.36. The van der Waals surface area contributed by atoms with Crippen LogP contribution in [0.4, 0.5) is 0 Å². The number of aryl methyl sites for hydroxylation is 1. The Morgan fingerprint density at radius 1 is 1.17 bits per heavy atom. The molecule has 1 aliphatic heterocycles. The first-order valence-electron chi connectivity index (χ1n) is 10.5. The molecule has 1 saturated heterocycles. The molecular weight excluding hydrogens is 386 g/mol. The third kappa shape index (κ3) is 4.27. The summed E-state index contributed by atoms with van der Waals surface area (Å²) in [6.45, 7) is 1.79. The van der Waals surface area contributed by atoms with Gasteiger partial charge in [0.1, 0.15) is 0 Å². The van der Waals surface area contributed by atoms with Crippen LogP contribution in [0, 0.1) is 11.3 Å². The maximum Gasteiger partial charge on any atom is 0.260 e. The van der Waals surface area contributed by atoms with Crippen molar-refractivity contribution in [3.8, 4) is 0 Å². The molecule has 1 saturated carbocycles. The van der Waals surface area contributed by atoms with Gasteiger partial charge in [0.05, 0.1) is 12.8 Å². The van der Waals surface area contributed by atoms with Crippen molar-refractivity contribution in [1.29, 1.82) is 0 Å². The van der Waals surface area contributed by atoms with Gasteiger partial charge in [0.15, 0.2) is 5.03 Å². The Labute approximate surface area is 173 Å². The highest BCUT2D eigenvalue weighted by atomic mass is 32.2. The van der Waals surface area contributed by atoms with Crippen molar-refractivity contribution in [3.63, 3.8) is 0 Å². The fourth-order valence-electron chi connectivity index (χ4n) is 4.89. The van der Waals surface area contributed by atoms with E-state index in [-0.39, 0.29) is 10.4 Å². The average Bonchev–Trinajstić information content (AvgIpc) is 3.38. The molecule has 0 bridgehead atoms. The second-order valence-corrected chi connectivity index (χ2v) is 10.6. The highest BCUT2D eigenvalue weighted by Crippen LogP contribution is 2.52. The third-order valence-corrected chi connectivity index (χ3v) is 8.78. The van der Waals surface area contributed by atoms with E-state index in [1.807, 2.05) is 0 Å². The molecule has 6 nitrogen and oxygen atoms in total. The largest absolute Gasteiger partial charge is 0.384 e. The van der Waals surface area contributed by atoms with Crippen molar-refractivity contribution in [1.82, 2.24) is 14.1 Å². The van der Waals surface area contributed by atoms with Gasteiger partial charge in [-0.3, -0.25) is 4.68 Å². The summed E-state index contributed by atoms with van der Waals surface area (Å²) in [5.41, 5.74) is 1.53. The SMILES string of the molecule is COCC1(CC[C@@H]2CC2c2ccccc2)CCN(S(=O)(=O)c2ccnn2C)CC1. The molecule has 2 aliphatic rings. The molecular formula is C22H31N3O3S. The minimum absolute atomic E-state index is 0.0804. The predicted molar refractivity (Wildman–Crippen MR) is 112 cm³/mol. The van der Waals surface area contributed by atoms with Crippen molar-refractivity contribution in [2.24, 2.45) is 18.4 Å². The van der Waals surface area contributed by atoms with Gasteiger partial charge in [-0.25, -0.2) is 8.42 Å². The Hall–Kier alpha value is -1.70. The van der Waals surface area contributed by atoms with Gasteiger partial charge in [0.2, 0.25) is 0 Å². The molecule has 0 amide bonds. The first kappa shape index (κ1) is 20.6. The summed E-state index contributed by atoms with van der Waals surface area (Å²) in [5, 5.41) is 4.28. The van der Waals surface area contributed by atoms with Crippen LogP contribution >= 0.6 is 0 Å². The second kappa shape index (κ2) is 8.20. The van der Waals surface area contributed by atoms with Crippen molar-refractivity contribution >= 4 is 10.0 Å². The molecule has 0 radical (unpaired) electrons. The van der Waals surface area contributed by atoms with E-state index in [9.17, 15) is 8.42 Å². The summed E-state index contributed by atoms with van der Waals surface area (Å²) in [4.78, 5) is 0. The van der Waals surface area contributed by atoms with Gasteiger partial charge in [-0.1, -0.05) is 30.3 Å². The molecule has 2 heterocycles. The number of hydrogen-bond acceptors (Lipinski definition) is 4. The number of piperidine rings is 1. The lowest BCUT2D eigenvalue weighted by Gasteiger charge is -2.41. The topological polar surface area (TPSA) is 64.4 Å². The molecule has 1 unspecified atom stereocenters. The Morgan fingerprint density at radius 3 is 2.52 bits per heavy atom. The Kier molecular flexibility index (Phi) is 5.82. The zero-order valence-electron chi connectivity index (χ0n) is 17.3. The van der Waals surface area contributed by atoms with Gasteiger partial charge in [0.25, 0.3) is 10.0 Å². The van der Waals surface area contributed by atoms with E-state index in [1.165, 1.54) is 29.3 Å².